The number of halogens is 1. The van der Waals surface area contributed by atoms with Gasteiger partial charge in [-0.25, -0.2) is 4.98 Å². The lowest BCUT2D eigenvalue weighted by molar-refractivity contribution is -0.131. The average molecular weight is 379 g/mol. The van der Waals surface area contributed by atoms with Crippen molar-refractivity contribution in [3.05, 3.63) is 45.7 Å². The number of carbonyl (C=O) groups is 2. The molecular formula is C17H19ClN4O2S. The molecule has 25 heavy (non-hydrogen) atoms. The summed E-state index contributed by atoms with van der Waals surface area (Å²) in [5.74, 6) is 0.713. The second-order valence-corrected chi connectivity index (χ2v) is 7.23. The molecule has 0 aromatic carbocycles. The highest BCUT2D eigenvalue weighted by molar-refractivity contribution is 7.12. The molecule has 6 nitrogen and oxygen atoms in total. The maximum atomic E-state index is 12.5. The molecule has 0 spiro atoms. The molecule has 132 valence electrons. The van der Waals surface area contributed by atoms with Crippen molar-refractivity contribution >= 4 is 40.6 Å². The third kappa shape index (κ3) is 4.29. The maximum absolute atomic E-state index is 12.5. The van der Waals surface area contributed by atoms with Gasteiger partial charge in [0.15, 0.2) is 0 Å². The van der Waals surface area contributed by atoms with Crippen LogP contribution in [0.4, 0.5) is 5.82 Å². The molecule has 3 heterocycles. The van der Waals surface area contributed by atoms with Crippen LogP contribution in [0.3, 0.4) is 0 Å². The van der Waals surface area contributed by atoms with Crippen LogP contribution in [-0.2, 0) is 4.79 Å². The van der Waals surface area contributed by atoms with Gasteiger partial charge in [-0.3, -0.25) is 9.59 Å². The molecule has 0 atom stereocenters. The van der Waals surface area contributed by atoms with Crippen LogP contribution >= 0.6 is 22.9 Å². The molecule has 8 heteroatoms. The lowest BCUT2D eigenvalue weighted by Gasteiger charge is -2.36. The van der Waals surface area contributed by atoms with E-state index in [-0.39, 0.29) is 18.4 Å². The Hall–Kier alpha value is -2.12. The van der Waals surface area contributed by atoms with Gasteiger partial charge in [-0.15, -0.1) is 11.3 Å². The molecule has 0 N–H and O–H groups in total. The smallest absolute Gasteiger partial charge is 0.264 e. The highest BCUT2D eigenvalue weighted by Crippen LogP contribution is 2.16. The van der Waals surface area contributed by atoms with E-state index < -0.39 is 0 Å². The van der Waals surface area contributed by atoms with Crippen LogP contribution in [0, 0.1) is 0 Å². The average Bonchev–Trinajstić information content (AvgIpc) is 3.16. The predicted octanol–water partition coefficient (Wildman–Crippen LogP) is 2.22. The summed E-state index contributed by atoms with van der Waals surface area (Å²) in [6, 6.07) is 7.29. The number of piperazine rings is 1. The minimum absolute atomic E-state index is 0.0314. The topological polar surface area (TPSA) is 56.8 Å². The largest absolute Gasteiger partial charge is 0.353 e. The van der Waals surface area contributed by atoms with Crippen molar-refractivity contribution in [1.82, 2.24) is 14.8 Å². The molecule has 2 aromatic heterocycles. The summed E-state index contributed by atoms with van der Waals surface area (Å²) >= 11 is 7.24. The minimum Gasteiger partial charge on any atom is -0.353 e. The minimum atomic E-state index is -0.118. The van der Waals surface area contributed by atoms with Gasteiger partial charge >= 0.3 is 0 Å². The highest BCUT2D eigenvalue weighted by Gasteiger charge is 2.24. The zero-order chi connectivity index (χ0) is 17.8. The van der Waals surface area contributed by atoms with Crippen molar-refractivity contribution < 1.29 is 9.59 Å². The lowest BCUT2D eigenvalue weighted by atomic mass is 10.3. The Balaban J connectivity index is 1.51. The fourth-order valence-electron chi connectivity index (χ4n) is 2.70. The van der Waals surface area contributed by atoms with Gasteiger partial charge in [0.1, 0.15) is 5.82 Å². The summed E-state index contributed by atoms with van der Waals surface area (Å²) in [6.07, 6.45) is 1.62. The van der Waals surface area contributed by atoms with Crippen molar-refractivity contribution in [2.45, 2.75) is 0 Å². The molecule has 1 saturated heterocycles. The van der Waals surface area contributed by atoms with Gasteiger partial charge in [0.2, 0.25) is 5.91 Å². The molecule has 1 fully saturated rings. The molecule has 0 unspecified atom stereocenters. The first-order chi connectivity index (χ1) is 12.0. The molecule has 0 bridgehead atoms. The number of likely N-dealkylation sites (N-methyl/N-ethyl adjacent to an activating group) is 1. The molecular weight excluding hydrogens is 360 g/mol. The van der Waals surface area contributed by atoms with Crippen molar-refractivity contribution in [3.63, 3.8) is 0 Å². The molecule has 0 radical (unpaired) electrons. The number of hydrogen-bond acceptors (Lipinski definition) is 5. The van der Waals surface area contributed by atoms with Crippen LogP contribution in [0.1, 0.15) is 9.67 Å². The number of rotatable bonds is 4. The second-order valence-electron chi connectivity index (χ2n) is 5.84. The van der Waals surface area contributed by atoms with Crippen LogP contribution in [0.5, 0.6) is 0 Å². The molecule has 2 amide bonds. The monoisotopic (exact) mass is 378 g/mol. The van der Waals surface area contributed by atoms with E-state index in [9.17, 15) is 9.59 Å². The number of nitrogens with zero attached hydrogens (tertiary/aromatic N) is 4. The second kappa shape index (κ2) is 7.84. The Bertz CT molecular complexity index is 728. The van der Waals surface area contributed by atoms with Gasteiger partial charge in [-0.05, 0) is 23.6 Å². The van der Waals surface area contributed by atoms with E-state index in [2.05, 4.69) is 9.88 Å². The van der Waals surface area contributed by atoms with Crippen LogP contribution in [0.25, 0.3) is 0 Å². The van der Waals surface area contributed by atoms with Gasteiger partial charge in [0.25, 0.3) is 5.91 Å². The summed E-state index contributed by atoms with van der Waals surface area (Å²) in [7, 11) is 1.66. The van der Waals surface area contributed by atoms with Crippen LogP contribution in [-0.4, -0.2) is 66.4 Å². The number of carbonyl (C=O) groups excluding carboxylic acids is 2. The van der Waals surface area contributed by atoms with Gasteiger partial charge in [-0.1, -0.05) is 17.7 Å². The number of hydrogen-bond donors (Lipinski definition) is 0. The summed E-state index contributed by atoms with van der Waals surface area (Å²) in [5.41, 5.74) is 0. The SMILES string of the molecule is CN(CC(=O)N1CCN(c2ccc(Cl)cn2)CC1)C(=O)c1cccs1. The Kier molecular flexibility index (Phi) is 5.55. The van der Waals surface area contributed by atoms with E-state index in [0.717, 1.165) is 5.82 Å². The van der Waals surface area contributed by atoms with Gasteiger partial charge in [0.05, 0.1) is 16.4 Å². The van der Waals surface area contributed by atoms with Crippen molar-refractivity contribution in [3.8, 4) is 0 Å². The highest BCUT2D eigenvalue weighted by atomic mass is 35.5. The molecule has 3 rings (SSSR count). The van der Waals surface area contributed by atoms with Gasteiger partial charge in [0, 0.05) is 39.4 Å². The molecule has 0 aliphatic carbocycles. The van der Waals surface area contributed by atoms with Crippen molar-refractivity contribution in [2.24, 2.45) is 0 Å². The molecule has 0 saturated carbocycles. The first-order valence-corrected chi connectivity index (χ1v) is 9.23. The zero-order valence-electron chi connectivity index (χ0n) is 13.9. The summed E-state index contributed by atoms with van der Waals surface area (Å²) < 4.78 is 0. The van der Waals surface area contributed by atoms with E-state index in [1.54, 1.807) is 24.2 Å². The number of amides is 2. The number of aromatic nitrogens is 1. The van der Waals surface area contributed by atoms with Crippen LogP contribution in [0.15, 0.2) is 35.8 Å². The van der Waals surface area contributed by atoms with E-state index >= 15 is 0 Å². The molecule has 1 aliphatic rings. The summed E-state index contributed by atoms with van der Waals surface area (Å²) in [6.45, 7) is 2.75. The third-order valence-corrected chi connectivity index (χ3v) is 5.20. The first-order valence-electron chi connectivity index (χ1n) is 7.98. The van der Waals surface area contributed by atoms with Crippen LogP contribution in [0.2, 0.25) is 5.02 Å². The van der Waals surface area contributed by atoms with E-state index in [1.165, 1.54) is 16.2 Å². The van der Waals surface area contributed by atoms with E-state index in [0.29, 0.717) is 36.1 Å². The first kappa shape index (κ1) is 17.7. The summed E-state index contributed by atoms with van der Waals surface area (Å²) in [5, 5.41) is 2.46. The maximum Gasteiger partial charge on any atom is 0.264 e. The van der Waals surface area contributed by atoms with Crippen molar-refractivity contribution in [1.29, 1.82) is 0 Å². The molecule has 1 aliphatic heterocycles. The van der Waals surface area contributed by atoms with E-state index in [1.807, 2.05) is 23.6 Å². The quantitative estimate of drug-likeness (QED) is 0.818. The Morgan fingerprint density at radius 2 is 2.00 bits per heavy atom. The fraction of sp³-hybridized carbons (Fsp3) is 0.353. The Morgan fingerprint density at radius 1 is 1.24 bits per heavy atom. The Morgan fingerprint density at radius 3 is 2.60 bits per heavy atom. The summed E-state index contributed by atoms with van der Waals surface area (Å²) in [4.78, 5) is 35.0. The number of pyridine rings is 1. The fourth-order valence-corrected chi connectivity index (χ4v) is 3.53. The standard InChI is InChI=1S/C17H19ClN4O2S/c1-20(17(24)14-3-2-10-25-14)12-16(23)22-8-6-21(7-9-22)15-5-4-13(18)11-19-15/h2-5,10-11H,6-9,12H2,1H3. The van der Waals surface area contributed by atoms with E-state index in [4.69, 9.17) is 11.6 Å². The Labute approximate surface area is 155 Å². The van der Waals surface area contributed by atoms with Gasteiger partial charge in [-0.2, -0.15) is 0 Å². The number of anilines is 1. The molecule has 2 aromatic rings. The van der Waals surface area contributed by atoms with Crippen LogP contribution < -0.4 is 4.90 Å². The predicted molar refractivity (Wildman–Crippen MR) is 99.3 cm³/mol. The zero-order valence-corrected chi connectivity index (χ0v) is 15.5. The normalized spacial score (nSPS) is 14.5. The third-order valence-electron chi connectivity index (χ3n) is 4.12. The van der Waals surface area contributed by atoms with Crippen molar-refractivity contribution in [2.75, 3.05) is 44.7 Å². The lowest BCUT2D eigenvalue weighted by Crippen LogP contribution is -2.51. The van der Waals surface area contributed by atoms with Gasteiger partial charge < -0.3 is 14.7 Å². The number of thiophene rings is 1.